The Morgan fingerprint density at radius 3 is 2.80 bits per heavy atom. The van der Waals surface area contributed by atoms with Gasteiger partial charge in [0.25, 0.3) is 5.91 Å². The fraction of sp³-hybridized carbons (Fsp3) is 0.533. The molecule has 0 aromatic heterocycles. The molecule has 0 spiro atoms. The number of nitrogen functional groups attached to an aromatic ring is 1. The number of hydrogen-bond acceptors (Lipinski definition) is 3. The fourth-order valence-corrected chi connectivity index (χ4v) is 2.54. The molecule has 110 valence electrons. The van der Waals surface area contributed by atoms with Crippen LogP contribution >= 0.6 is 0 Å². The topological polar surface area (TPSA) is 58.4 Å². The first-order valence-corrected chi connectivity index (χ1v) is 7.15. The van der Waals surface area contributed by atoms with Gasteiger partial charge in [-0.05, 0) is 51.1 Å². The third kappa shape index (κ3) is 3.70. The van der Waals surface area contributed by atoms with Gasteiger partial charge < -0.3 is 11.1 Å². The predicted octanol–water partition coefficient (Wildman–Crippen LogP) is 2.01. The van der Waals surface area contributed by atoms with Gasteiger partial charge in [0.05, 0.1) is 5.56 Å². The number of anilines is 1. The van der Waals surface area contributed by atoms with Crippen molar-refractivity contribution in [3.05, 3.63) is 29.6 Å². The molecule has 1 aliphatic heterocycles. The summed E-state index contributed by atoms with van der Waals surface area (Å²) in [4.78, 5) is 14.3. The van der Waals surface area contributed by atoms with E-state index in [4.69, 9.17) is 5.73 Å². The normalized spacial score (nSPS) is 17.7. The molecular formula is C15H22FN3O. The number of amides is 1. The molecule has 4 nitrogen and oxygen atoms in total. The van der Waals surface area contributed by atoms with Crippen molar-refractivity contribution in [3.8, 4) is 0 Å². The van der Waals surface area contributed by atoms with Crippen molar-refractivity contribution < 1.29 is 9.18 Å². The Bertz CT molecular complexity index is 472. The van der Waals surface area contributed by atoms with Crippen molar-refractivity contribution in [2.75, 3.05) is 25.4 Å². The molecule has 2 rings (SSSR count). The van der Waals surface area contributed by atoms with Crippen LogP contribution in [0.3, 0.4) is 0 Å². The minimum absolute atomic E-state index is 0.0100. The molecule has 1 aliphatic rings. The number of carbonyl (C=O) groups is 1. The number of nitrogens with one attached hydrogen (secondary N) is 1. The Labute approximate surface area is 119 Å². The first-order chi connectivity index (χ1) is 9.58. The van der Waals surface area contributed by atoms with E-state index in [1.54, 1.807) is 0 Å². The molecule has 0 saturated carbocycles. The van der Waals surface area contributed by atoms with Gasteiger partial charge in [-0.1, -0.05) is 6.42 Å². The highest BCUT2D eigenvalue weighted by Crippen LogP contribution is 2.13. The summed E-state index contributed by atoms with van der Waals surface area (Å²) in [6.45, 7) is 4.75. The number of hydrogen-bond donors (Lipinski definition) is 2. The average molecular weight is 279 g/mol. The van der Waals surface area contributed by atoms with Gasteiger partial charge >= 0.3 is 0 Å². The second-order valence-corrected chi connectivity index (χ2v) is 5.39. The van der Waals surface area contributed by atoms with Crippen LogP contribution in [0.2, 0.25) is 0 Å². The lowest BCUT2D eigenvalue weighted by Crippen LogP contribution is -2.44. The molecule has 0 bridgehead atoms. The monoisotopic (exact) mass is 279 g/mol. The summed E-state index contributed by atoms with van der Waals surface area (Å²) in [6, 6.07) is 4.31. The maximum atomic E-state index is 13.6. The second kappa shape index (κ2) is 6.70. The van der Waals surface area contributed by atoms with Crippen LogP contribution in [0.1, 0.15) is 36.5 Å². The van der Waals surface area contributed by atoms with E-state index in [0.29, 0.717) is 12.2 Å². The third-order valence-electron chi connectivity index (χ3n) is 3.81. The number of halogens is 1. The molecule has 1 aromatic carbocycles. The number of piperidine rings is 1. The van der Waals surface area contributed by atoms with E-state index in [1.165, 1.54) is 37.5 Å². The number of benzene rings is 1. The molecule has 1 saturated heterocycles. The van der Waals surface area contributed by atoms with E-state index >= 15 is 0 Å². The molecular weight excluding hydrogens is 257 g/mol. The highest BCUT2D eigenvalue weighted by atomic mass is 19.1. The fourth-order valence-electron chi connectivity index (χ4n) is 2.54. The summed E-state index contributed by atoms with van der Waals surface area (Å²) in [5.41, 5.74) is 5.98. The number of carbonyl (C=O) groups excluding carboxylic acids is 1. The molecule has 1 unspecified atom stereocenters. The first kappa shape index (κ1) is 14.8. The molecule has 20 heavy (non-hydrogen) atoms. The van der Waals surface area contributed by atoms with Crippen LogP contribution < -0.4 is 11.1 Å². The molecule has 0 aliphatic carbocycles. The molecule has 0 radical (unpaired) electrons. The maximum Gasteiger partial charge on any atom is 0.254 e. The maximum absolute atomic E-state index is 13.6. The lowest BCUT2D eigenvalue weighted by Gasteiger charge is -2.32. The largest absolute Gasteiger partial charge is 0.399 e. The molecule has 1 fully saturated rings. The van der Waals surface area contributed by atoms with Gasteiger partial charge in [0, 0.05) is 18.3 Å². The second-order valence-electron chi connectivity index (χ2n) is 5.39. The highest BCUT2D eigenvalue weighted by molar-refractivity contribution is 5.95. The van der Waals surface area contributed by atoms with Gasteiger partial charge in [0.2, 0.25) is 0 Å². The lowest BCUT2D eigenvalue weighted by molar-refractivity contribution is 0.0926. The number of nitrogens with two attached hydrogens (primary N) is 1. The summed E-state index contributed by atoms with van der Waals surface area (Å²) >= 11 is 0. The van der Waals surface area contributed by atoms with Gasteiger partial charge in [0.1, 0.15) is 5.82 Å². The Morgan fingerprint density at radius 1 is 1.40 bits per heavy atom. The van der Waals surface area contributed by atoms with Crippen molar-refractivity contribution in [3.63, 3.8) is 0 Å². The first-order valence-electron chi connectivity index (χ1n) is 7.15. The molecule has 1 heterocycles. The minimum atomic E-state index is -0.540. The molecule has 1 atom stereocenters. The van der Waals surface area contributed by atoms with E-state index in [1.807, 2.05) is 0 Å². The van der Waals surface area contributed by atoms with Gasteiger partial charge in [-0.3, -0.25) is 9.69 Å². The van der Waals surface area contributed by atoms with E-state index < -0.39 is 11.7 Å². The Kier molecular flexibility index (Phi) is 4.95. The molecule has 3 N–H and O–H groups in total. The summed E-state index contributed by atoms with van der Waals surface area (Å²) in [6.07, 6.45) is 3.70. The van der Waals surface area contributed by atoms with Crippen molar-refractivity contribution >= 4 is 11.6 Å². The van der Waals surface area contributed by atoms with Gasteiger partial charge in [-0.25, -0.2) is 4.39 Å². The zero-order chi connectivity index (χ0) is 14.5. The van der Waals surface area contributed by atoms with Crippen LogP contribution in [-0.4, -0.2) is 36.5 Å². The van der Waals surface area contributed by atoms with E-state index in [2.05, 4.69) is 17.1 Å². The van der Waals surface area contributed by atoms with Crippen molar-refractivity contribution in [2.45, 2.75) is 32.2 Å². The van der Waals surface area contributed by atoms with Crippen molar-refractivity contribution in [2.24, 2.45) is 0 Å². The van der Waals surface area contributed by atoms with E-state index in [-0.39, 0.29) is 11.6 Å². The summed E-state index contributed by atoms with van der Waals surface area (Å²) in [5, 5.41) is 2.79. The summed E-state index contributed by atoms with van der Waals surface area (Å²) < 4.78 is 13.6. The van der Waals surface area contributed by atoms with Gasteiger partial charge in [-0.2, -0.15) is 0 Å². The SMILES string of the molecule is CC(CNC(=O)c1cc(N)ccc1F)N1CCCCC1. The van der Waals surface area contributed by atoms with Crippen LogP contribution in [0, 0.1) is 5.82 Å². The quantitative estimate of drug-likeness (QED) is 0.829. The van der Waals surface area contributed by atoms with Crippen LogP contribution in [0.25, 0.3) is 0 Å². The lowest BCUT2D eigenvalue weighted by atomic mass is 10.1. The number of rotatable bonds is 4. The summed E-state index contributed by atoms with van der Waals surface area (Å²) in [7, 11) is 0. The number of nitrogens with zero attached hydrogens (tertiary/aromatic N) is 1. The molecule has 1 aromatic rings. The van der Waals surface area contributed by atoms with Crippen LogP contribution in [-0.2, 0) is 0 Å². The zero-order valence-electron chi connectivity index (χ0n) is 11.9. The third-order valence-corrected chi connectivity index (χ3v) is 3.81. The van der Waals surface area contributed by atoms with Crippen molar-refractivity contribution in [1.82, 2.24) is 10.2 Å². The smallest absolute Gasteiger partial charge is 0.254 e. The number of likely N-dealkylation sites (tertiary alicyclic amines) is 1. The van der Waals surface area contributed by atoms with E-state index in [9.17, 15) is 9.18 Å². The van der Waals surface area contributed by atoms with Gasteiger partial charge in [0.15, 0.2) is 0 Å². The standard InChI is InChI=1S/C15H22FN3O/c1-11(19-7-3-2-4-8-19)10-18-15(20)13-9-12(17)5-6-14(13)16/h5-6,9,11H,2-4,7-8,10,17H2,1H3,(H,18,20). The zero-order valence-corrected chi connectivity index (χ0v) is 11.9. The van der Waals surface area contributed by atoms with Crippen LogP contribution in [0.5, 0.6) is 0 Å². The Morgan fingerprint density at radius 2 is 2.10 bits per heavy atom. The van der Waals surface area contributed by atoms with Crippen LogP contribution in [0.4, 0.5) is 10.1 Å². The van der Waals surface area contributed by atoms with Crippen LogP contribution in [0.15, 0.2) is 18.2 Å². The van der Waals surface area contributed by atoms with Gasteiger partial charge in [-0.15, -0.1) is 0 Å². The minimum Gasteiger partial charge on any atom is -0.399 e. The highest BCUT2D eigenvalue weighted by Gasteiger charge is 2.18. The summed E-state index contributed by atoms with van der Waals surface area (Å²) in [5.74, 6) is -0.944. The molecule has 5 heteroatoms. The predicted molar refractivity (Wildman–Crippen MR) is 78.0 cm³/mol. The van der Waals surface area contributed by atoms with Crippen molar-refractivity contribution in [1.29, 1.82) is 0 Å². The Balaban J connectivity index is 1.89. The molecule has 1 amide bonds. The van der Waals surface area contributed by atoms with E-state index in [0.717, 1.165) is 13.1 Å². The average Bonchev–Trinajstić information content (AvgIpc) is 2.47. The Hall–Kier alpha value is -1.62.